The minimum absolute atomic E-state index is 0.121. The number of carboxylic acids is 1. The summed E-state index contributed by atoms with van der Waals surface area (Å²) >= 11 is 0. The third-order valence-electron chi connectivity index (χ3n) is 14.6. The molecular weight excluding hydrogens is 889 g/mol. The number of nitrogens with one attached hydrogen (secondary N) is 1. The summed E-state index contributed by atoms with van der Waals surface area (Å²) in [7, 11) is 0. The van der Waals surface area contributed by atoms with E-state index in [0.29, 0.717) is 31.7 Å². The van der Waals surface area contributed by atoms with Gasteiger partial charge in [0.1, 0.15) is 39.9 Å². The van der Waals surface area contributed by atoms with Crippen LogP contribution in [0.3, 0.4) is 0 Å². The van der Waals surface area contributed by atoms with Gasteiger partial charge in [-0.2, -0.15) is 0 Å². The summed E-state index contributed by atoms with van der Waals surface area (Å²) in [6, 6.07) is -4.48. The number of primary amides is 2. The summed E-state index contributed by atoms with van der Waals surface area (Å²) in [6.07, 6.45) is -0.392. The number of aliphatic hydroxyl groups excluding tert-OH is 3. The summed E-state index contributed by atoms with van der Waals surface area (Å²) in [5.41, 5.74) is 6.59. The van der Waals surface area contributed by atoms with Crippen molar-refractivity contribution in [1.82, 2.24) is 29.8 Å². The van der Waals surface area contributed by atoms with Crippen LogP contribution < -0.4 is 16.8 Å². The van der Waals surface area contributed by atoms with Crippen molar-refractivity contribution < 1.29 is 68.3 Å². The van der Waals surface area contributed by atoms with Crippen LogP contribution >= 0.6 is 0 Å². The number of aliphatic carboxylic acids is 1. The molecule has 0 aromatic heterocycles. The predicted octanol–water partition coefficient (Wildman–Crippen LogP) is 0.782. The smallest absolute Gasteiger partial charge is 0.411 e. The van der Waals surface area contributed by atoms with E-state index in [9.17, 15) is 58.8 Å². The van der Waals surface area contributed by atoms with E-state index in [-0.39, 0.29) is 29.9 Å². The van der Waals surface area contributed by atoms with Crippen molar-refractivity contribution in [3.63, 3.8) is 0 Å². The molecule has 68 heavy (non-hydrogen) atoms. The Labute approximate surface area is 399 Å². The molecule has 15 atom stereocenters. The van der Waals surface area contributed by atoms with Crippen molar-refractivity contribution in [1.29, 1.82) is 0 Å². The van der Waals surface area contributed by atoms with Crippen LogP contribution in [0.4, 0.5) is 9.59 Å². The third-order valence-corrected chi connectivity index (χ3v) is 14.6. The van der Waals surface area contributed by atoms with Crippen molar-refractivity contribution >= 4 is 47.7 Å². The number of carboxylic acid groups (broad SMARTS) is 1. The second-order valence-corrected chi connectivity index (χ2v) is 21.7. The van der Waals surface area contributed by atoms with Gasteiger partial charge in [0.25, 0.3) is 11.8 Å². The van der Waals surface area contributed by atoms with E-state index >= 15 is 0 Å². The lowest BCUT2D eigenvalue weighted by Gasteiger charge is -2.59. The molecule has 0 aliphatic carbocycles. The Morgan fingerprint density at radius 2 is 0.926 bits per heavy atom. The van der Waals surface area contributed by atoms with Crippen LogP contribution in [0.15, 0.2) is 0 Å². The fraction of sp³-hybridized carbons (Fsp3) is 0.826. The maximum Gasteiger partial charge on any atom is 0.411 e. The minimum Gasteiger partial charge on any atom is -0.480 e. The van der Waals surface area contributed by atoms with Crippen LogP contribution in [-0.2, 0) is 38.2 Å². The zero-order valence-electron chi connectivity index (χ0n) is 42.4. The zero-order chi connectivity index (χ0) is 52.3. The Morgan fingerprint density at radius 3 is 1.18 bits per heavy atom. The topological polar surface area (TPSA) is 316 Å². The number of hydrogen-bond acceptors (Lipinski definition) is 14. The van der Waals surface area contributed by atoms with Crippen molar-refractivity contribution in [2.45, 2.75) is 243 Å². The number of nitrogens with two attached hydrogens (primary N) is 2. The fourth-order valence-corrected chi connectivity index (χ4v) is 11.3. The SMILES string of the molecule is CC1CCC2(C(=O)N([C@H](C(=O)O)[C@@H](C)O)C2C)N1C(=O)OC(C)(C)C.CC1CCC2(C(=O)N([C@H](C(N)=O)[C@@H](C)O)C2C)N1C(=O)OC(C)(C)C.CC1CCC2(N1)C(=O)N([C@H](C(N)=O)[C@@H](C)O)C2C. The molecule has 0 bridgehead atoms. The highest BCUT2D eigenvalue weighted by Gasteiger charge is 2.71. The van der Waals surface area contributed by atoms with Gasteiger partial charge in [-0.25, -0.2) is 14.4 Å². The molecule has 6 aliphatic rings. The lowest BCUT2D eigenvalue weighted by molar-refractivity contribution is -0.188. The van der Waals surface area contributed by atoms with Crippen molar-refractivity contribution in [2.24, 2.45) is 11.5 Å². The van der Waals surface area contributed by atoms with Crippen LogP contribution in [0.2, 0.25) is 0 Å². The van der Waals surface area contributed by atoms with Crippen molar-refractivity contribution in [3.8, 4) is 0 Å². The van der Waals surface area contributed by atoms with E-state index in [1.165, 1.54) is 45.3 Å². The largest absolute Gasteiger partial charge is 0.480 e. The van der Waals surface area contributed by atoms with Crippen molar-refractivity contribution in [2.75, 3.05) is 0 Å². The first kappa shape index (κ1) is 55.8. The first-order valence-corrected chi connectivity index (χ1v) is 23.7. The molecule has 9 unspecified atom stereocenters. The molecule has 22 nitrogen and oxygen atoms in total. The molecule has 386 valence electrons. The van der Waals surface area contributed by atoms with E-state index in [1.54, 1.807) is 55.4 Å². The zero-order valence-corrected chi connectivity index (χ0v) is 42.4. The summed E-state index contributed by atoms with van der Waals surface area (Å²) in [6.45, 7) is 26.0. The van der Waals surface area contributed by atoms with E-state index in [4.69, 9.17) is 20.9 Å². The normalized spacial score (nSPS) is 33.6. The Hall–Kier alpha value is -4.80. The number of hydrogen-bond donors (Lipinski definition) is 7. The lowest BCUT2D eigenvalue weighted by atomic mass is 9.75. The summed E-state index contributed by atoms with van der Waals surface area (Å²) in [5.74, 6) is -3.61. The molecule has 0 aromatic rings. The lowest BCUT2D eigenvalue weighted by Crippen LogP contribution is -2.82. The highest BCUT2D eigenvalue weighted by atomic mass is 16.6. The number of β-lactam (4-membered cyclic amide) rings is 3. The number of ether oxygens (including phenoxy) is 2. The number of nitrogens with zero attached hydrogens (tertiary/aromatic N) is 5. The highest BCUT2D eigenvalue weighted by molar-refractivity contribution is 6.02. The second kappa shape index (κ2) is 19.5. The quantitative estimate of drug-likeness (QED) is 0.157. The van der Waals surface area contributed by atoms with Gasteiger partial charge in [-0.1, -0.05) is 0 Å². The number of carbonyl (C=O) groups excluding carboxylic acids is 7. The standard InChI is InChI=1S/C17H29N3O5.C17H28N2O6.C12H21N3O3/c1-9-7-8-17(20(9)15(24)25-16(4,5)6)11(3)19(14(17)23)12(10(2)21)13(18)22;1-9-7-8-17(19(9)15(24)25-16(4,5)6)11(3)18(14(17)23)12(10(2)20)13(21)22;1-6-4-5-12(14-6)8(3)15(11(12)18)9(7(2)16)10(13)17/h9-12,21H,7-8H2,1-6H3,(H2,18,22);9-12,20H,7-8H2,1-6H3,(H,21,22);6-9,14,16H,4-5H2,1-3H3,(H2,13,17)/t2*9?,10-,11?,12+,17?;6?,7-,8?,9+,12?/m111/s1. The molecule has 0 aromatic carbocycles. The van der Waals surface area contributed by atoms with Gasteiger partial charge in [-0.3, -0.25) is 39.1 Å². The number of carbonyl (C=O) groups is 8. The maximum atomic E-state index is 13.0. The second-order valence-electron chi connectivity index (χ2n) is 21.7. The minimum atomic E-state index is -1.33. The van der Waals surface area contributed by atoms with Crippen LogP contribution in [-0.4, -0.2) is 193 Å². The van der Waals surface area contributed by atoms with E-state index < -0.39 is 112 Å². The van der Waals surface area contributed by atoms with Crippen molar-refractivity contribution in [3.05, 3.63) is 0 Å². The van der Waals surface area contributed by atoms with Gasteiger partial charge >= 0.3 is 18.2 Å². The molecular formula is C46H78N8O14. The maximum absolute atomic E-state index is 13.0. The van der Waals surface area contributed by atoms with E-state index in [2.05, 4.69) is 5.32 Å². The Bertz CT molecular complexity index is 1890. The molecule has 9 N–H and O–H groups in total. The molecule has 0 saturated carbocycles. The summed E-state index contributed by atoms with van der Waals surface area (Å²) in [5, 5.41) is 41.9. The van der Waals surface area contributed by atoms with Crippen LogP contribution in [0.25, 0.3) is 0 Å². The van der Waals surface area contributed by atoms with Gasteiger partial charge in [0.2, 0.25) is 17.7 Å². The monoisotopic (exact) mass is 967 g/mol. The molecule has 7 amide bonds. The van der Waals surface area contributed by atoms with Gasteiger partial charge in [0, 0.05) is 18.1 Å². The van der Waals surface area contributed by atoms with E-state index in [1.807, 2.05) is 27.7 Å². The molecule has 22 heteroatoms. The molecule has 6 aliphatic heterocycles. The summed E-state index contributed by atoms with van der Waals surface area (Å²) in [4.78, 5) is 105. The number of likely N-dealkylation sites (tertiary alicyclic amines) is 5. The van der Waals surface area contributed by atoms with Gasteiger partial charge in [0.05, 0.1) is 36.4 Å². The van der Waals surface area contributed by atoms with Crippen LogP contribution in [0.1, 0.15) is 142 Å². The average Bonchev–Trinajstić information content (AvgIpc) is 3.90. The molecule has 0 radical (unpaired) electrons. The Balaban J connectivity index is 0.000000226. The van der Waals surface area contributed by atoms with Gasteiger partial charge < -0.3 is 56.1 Å². The van der Waals surface area contributed by atoms with Crippen LogP contribution in [0.5, 0.6) is 0 Å². The average molecular weight is 967 g/mol. The number of aliphatic hydroxyl groups is 3. The fourth-order valence-electron chi connectivity index (χ4n) is 11.3. The Morgan fingerprint density at radius 1 is 0.588 bits per heavy atom. The number of amides is 7. The highest BCUT2D eigenvalue weighted by Crippen LogP contribution is 2.50. The van der Waals surface area contributed by atoms with Crippen LogP contribution in [0, 0.1) is 0 Å². The van der Waals surface area contributed by atoms with E-state index in [0.717, 1.165) is 12.8 Å². The summed E-state index contributed by atoms with van der Waals surface area (Å²) < 4.78 is 10.9. The first-order chi connectivity index (χ1) is 31.0. The third kappa shape index (κ3) is 9.57. The molecule has 6 fully saturated rings. The number of rotatable bonds is 9. The molecule has 6 heterocycles. The Kier molecular flexibility index (Phi) is 16.0. The first-order valence-electron chi connectivity index (χ1n) is 23.7. The van der Waals surface area contributed by atoms with Gasteiger partial charge in [0.15, 0.2) is 6.04 Å². The molecule has 3 spiro atoms. The molecule has 6 rings (SSSR count). The van der Waals surface area contributed by atoms with Gasteiger partial charge in [-0.05, 0) is 142 Å². The molecule has 6 saturated heterocycles. The van der Waals surface area contributed by atoms with Gasteiger partial charge in [-0.15, -0.1) is 0 Å². The predicted molar refractivity (Wildman–Crippen MR) is 245 cm³/mol.